The zero-order valence-corrected chi connectivity index (χ0v) is 15.9. The van der Waals surface area contributed by atoms with Crippen LogP contribution in [0, 0.1) is 0 Å². The van der Waals surface area contributed by atoms with E-state index in [0.29, 0.717) is 26.2 Å². The van der Waals surface area contributed by atoms with E-state index in [2.05, 4.69) is 8.85 Å². The predicted octanol–water partition coefficient (Wildman–Crippen LogP) is 5.43. The molecule has 0 N–H and O–H groups in total. The maximum Gasteiger partial charge on any atom is 0.422 e. The Morgan fingerprint density at radius 2 is 0.667 bits per heavy atom. The van der Waals surface area contributed by atoms with Gasteiger partial charge in [0.25, 0.3) is 0 Å². The first kappa shape index (κ1) is 26.5. The molecule has 0 unspecified atom stereocenters. The van der Waals surface area contributed by atoms with Gasteiger partial charge in [0.15, 0.2) is 0 Å². The van der Waals surface area contributed by atoms with Gasteiger partial charge in [0.2, 0.25) is 12.2 Å². The van der Waals surface area contributed by atoms with E-state index in [9.17, 15) is 52.7 Å². The Morgan fingerprint density at radius 3 is 0.815 bits per heavy atom. The van der Waals surface area contributed by atoms with Crippen LogP contribution in [0.1, 0.15) is 0 Å². The summed E-state index contributed by atoms with van der Waals surface area (Å²) in [5, 5.41) is 0. The van der Waals surface area contributed by atoms with Crippen LogP contribution in [0.15, 0.2) is 0 Å². The Kier molecular flexibility index (Phi) is 7.56. The van der Waals surface area contributed by atoms with Crippen molar-refractivity contribution in [3.05, 3.63) is 0 Å². The molecule has 0 aromatic heterocycles. The van der Waals surface area contributed by atoms with Crippen LogP contribution in [0.2, 0.25) is 26.2 Å². The van der Waals surface area contributed by atoms with Gasteiger partial charge in [-0.05, 0) is 26.2 Å². The van der Waals surface area contributed by atoms with E-state index in [1.807, 2.05) is 0 Å². The van der Waals surface area contributed by atoms with Gasteiger partial charge in [-0.25, -0.2) is 0 Å². The molecular weight excluding hydrogens is 452 g/mol. The summed E-state index contributed by atoms with van der Waals surface area (Å²) in [5.41, 5.74) is 0. The van der Waals surface area contributed by atoms with E-state index in [1.165, 1.54) is 0 Å². The lowest BCUT2D eigenvalue weighted by molar-refractivity contribution is -0.307. The first-order valence-corrected chi connectivity index (χ1v) is 12.3. The molecule has 3 nitrogen and oxygen atoms in total. The van der Waals surface area contributed by atoms with E-state index < -0.39 is 54.0 Å². The summed E-state index contributed by atoms with van der Waals surface area (Å²) in [6, 6.07) is 0. The van der Waals surface area contributed by atoms with Gasteiger partial charge in [-0.2, -0.15) is 52.7 Å². The highest BCUT2D eigenvalue weighted by Gasteiger charge is 2.62. The summed E-state index contributed by atoms with van der Waals surface area (Å²) in [6.07, 6.45) is -32.4. The zero-order valence-electron chi connectivity index (χ0n) is 13.9. The van der Waals surface area contributed by atoms with Crippen LogP contribution in [0.3, 0.4) is 0 Å². The molecule has 0 atom stereocenters. The zero-order chi connectivity index (χ0) is 22.3. The van der Waals surface area contributed by atoms with Crippen molar-refractivity contribution in [3.8, 4) is 0 Å². The Bertz CT molecular complexity index is 422. The van der Waals surface area contributed by atoms with Gasteiger partial charge in [-0.15, -0.1) is 0 Å². The third kappa shape index (κ3) is 9.01. The quantitative estimate of drug-likeness (QED) is 0.386. The molecule has 0 aromatic rings. The van der Waals surface area contributed by atoms with Crippen LogP contribution in [0.25, 0.3) is 0 Å². The molecule has 0 aromatic carbocycles. The lowest BCUT2D eigenvalue weighted by Crippen LogP contribution is -2.58. The summed E-state index contributed by atoms with van der Waals surface area (Å²) in [4.78, 5) is 0. The van der Waals surface area contributed by atoms with Crippen LogP contribution in [0.4, 0.5) is 52.7 Å². The minimum atomic E-state index is -5.93. The molecule has 0 spiro atoms. The molecule has 0 aliphatic rings. The topological polar surface area (TPSA) is 27.7 Å². The molecule has 0 saturated carbocycles. The highest BCUT2D eigenvalue weighted by atomic mass is 28.5. The van der Waals surface area contributed by atoms with Gasteiger partial charge < -0.3 is 13.0 Å². The standard InChI is InChI=1S/C10H14F12O3Si2/c1-26(2,23-5(7(11,12)13)8(14,15)16)25-27(3,4)24-6(9(17,18)19)10(20,21)22/h5-6H,1-4H3. The fraction of sp³-hybridized carbons (Fsp3) is 1.00. The van der Waals surface area contributed by atoms with Crippen LogP contribution in [-0.2, 0) is 13.0 Å². The summed E-state index contributed by atoms with van der Waals surface area (Å²) in [6.45, 7) is 2.41. The maximum absolute atomic E-state index is 12.5. The average Bonchev–Trinajstić information content (AvgIpc) is 2.26. The highest BCUT2D eigenvalue weighted by molar-refractivity contribution is 6.78. The second-order valence-corrected chi connectivity index (χ2v) is 13.0. The molecular formula is C10H14F12O3Si2. The fourth-order valence-corrected chi connectivity index (χ4v) is 8.64. The van der Waals surface area contributed by atoms with Crippen molar-refractivity contribution in [2.45, 2.75) is 63.1 Å². The van der Waals surface area contributed by atoms with Gasteiger partial charge in [0.1, 0.15) is 0 Å². The van der Waals surface area contributed by atoms with Crippen LogP contribution in [-0.4, -0.2) is 54.0 Å². The highest BCUT2D eigenvalue weighted by Crippen LogP contribution is 2.40. The molecule has 0 aliphatic heterocycles. The van der Waals surface area contributed by atoms with Crippen molar-refractivity contribution in [3.63, 3.8) is 0 Å². The molecule has 27 heavy (non-hydrogen) atoms. The van der Waals surface area contributed by atoms with Crippen molar-refractivity contribution in [1.29, 1.82) is 0 Å². The second-order valence-electron chi connectivity index (χ2n) is 6.06. The summed E-state index contributed by atoms with van der Waals surface area (Å²) in [5.74, 6) is 0. The second kappa shape index (κ2) is 7.71. The molecule has 0 bridgehead atoms. The monoisotopic (exact) mass is 466 g/mol. The molecule has 0 rings (SSSR count). The van der Waals surface area contributed by atoms with Crippen molar-refractivity contribution >= 4 is 17.1 Å². The maximum atomic E-state index is 12.5. The molecule has 0 saturated heterocycles. The van der Waals surface area contributed by atoms with Gasteiger partial charge >= 0.3 is 41.8 Å². The van der Waals surface area contributed by atoms with Gasteiger partial charge in [-0.3, -0.25) is 0 Å². The Balaban J connectivity index is 5.51. The number of halogens is 12. The van der Waals surface area contributed by atoms with Crippen molar-refractivity contribution < 1.29 is 65.7 Å². The average molecular weight is 466 g/mol. The lowest BCUT2D eigenvalue weighted by atomic mass is 10.3. The molecule has 0 radical (unpaired) electrons. The summed E-state index contributed by atoms with van der Waals surface area (Å²) < 4.78 is 163. The first-order valence-electron chi connectivity index (χ1n) is 6.71. The largest absolute Gasteiger partial charge is 0.422 e. The van der Waals surface area contributed by atoms with Crippen LogP contribution < -0.4 is 0 Å². The molecule has 17 heteroatoms. The van der Waals surface area contributed by atoms with E-state index in [4.69, 9.17) is 4.12 Å². The Morgan fingerprint density at radius 1 is 0.481 bits per heavy atom. The Labute approximate surface area is 147 Å². The lowest BCUT2D eigenvalue weighted by Gasteiger charge is -2.38. The fourth-order valence-electron chi connectivity index (χ4n) is 1.85. The third-order valence-corrected chi connectivity index (χ3v) is 8.02. The van der Waals surface area contributed by atoms with Gasteiger partial charge in [0.05, 0.1) is 0 Å². The van der Waals surface area contributed by atoms with Crippen molar-refractivity contribution in [1.82, 2.24) is 0 Å². The number of hydrogen-bond acceptors (Lipinski definition) is 3. The van der Waals surface area contributed by atoms with E-state index in [-0.39, 0.29) is 0 Å². The minimum absolute atomic E-state index is 0.603. The number of rotatable bonds is 6. The molecule has 164 valence electrons. The van der Waals surface area contributed by atoms with Crippen molar-refractivity contribution in [2.75, 3.05) is 0 Å². The number of alkyl halides is 12. The molecule has 0 amide bonds. The van der Waals surface area contributed by atoms with E-state index in [0.717, 1.165) is 0 Å². The predicted molar refractivity (Wildman–Crippen MR) is 70.0 cm³/mol. The summed E-state index contributed by atoms with van der Waals surface area (Å²) >= 11 is 0. The smallest absolute Gasteiger partial charge is 0.415 e. The van der Waals surface area contributed by atoms with Crippen molar-refractivity contribution in [2.24, 2.45) is 0 Å². The molecule has 0 aliphatic carbocycles. The van der Waals surface area contributed by atoms with E-state index >= 15 is 0 Å². The Hall–Kier alpha value is -0.526. The van der Waals surface area contributed by atoms with E-state index in [1.54, 1.807) is 0 Å². The van der Waals surface area contributed by atoms with Crippen LogP contribution >= 0.6 is 0 Å². The van der Waals surface area contributed by atoms with Gasteiger partial charge in [-0.1, -0.05) is 0 Å². The third-order valence-electron chi connectivity index (χ3n) is 2.48. The normalized spacial score (nSPS) is 15.8. The van der Waals surface area contributed by atoms with Crippen LogP contribution in [0.5, 0.6) is 0 Å². The first-order chi connectivity index (χ1) is 11.4. The SMILES string of the molecule is C[Si](C)(OC(C(F)(F)F)C(F)(F)F)O[Si](C)(C)OC(C(F)(F)F)C(F)(F)F. The van der Waals surface area contributed by atoms with Gasteiger partial charge in [0, 0.05) is 0 Å². The molecule has 0 heterocycles. The summed E-state index contributed by atoms with van der Waals surface area (Å²) in [7, 11) is -9.09. The minimum Gasteiger partial charge on any atom is -0.415 e. The number of hydrogen-bond donors (Lipinski definition) is 0. The molecule has 0 fully saturated rings.